The summed E-state index contributed by atoms with van der Waals surface area (Å²) in [6.07, 6.45) is 1.98. The summed E-state index contributed by atoms with van der Waals surface area (Å²) in [6.45, 7) is 0. The summed E-state index contributed by atoms with van der Waals surface area (Å²) in [5.41, 5.74) is 0. The minimum atomic E-state index is -0.332. The molecular formula is C8H11ClO3. The van der Waals surface area contributed by atoms with Gasteiger partial charge in [-0.1, -0.05) is 0 Å². The molecule has 3 nitrogen and oxygen atoms in total. The molecule has 0 spiro atoms. The van der Waals surface area contributed by atoms with E-state index in [1.807, 2.05) is 0 Å². The summed E-state index contributed by atoms with van der Waals surface area (Å²) >= 11 is 5.31. The number of hydrogen-bond donors (Lipinski definition) is 0. The lowest BCUT2D eigenvalue weighted by Crippen LogP contribution is -2.13. The van der Waals surface area contributed by atoms with Gasteiger partial charge in [0.25, 0.3) is 0 Å². The average Bonchev–Trinajstić information content (AvgIpc) is 2.51. The molecule has 0 N–H and O–H groups in total. The van der Waals surface area contributed by atoms with Crippen LogP contribution in [0.2, 0.25) is 0 Å². The lowest BCUT2D eigenvalue weighted by Gasteiger charge is -2.05. The van der Waals surface area contributed by atoms with Crippen LogP contribution >= 0.6 is 11.6 Å². The fourth-order valence-corrected chi connectivity index (χ4v) is 1.77. The quantitative estimate of drug-likeness (QED) is 0.488. The zero-order valence-corrected chi connectivity index (χ0v) is 7.63. The molecule has 0 bridgehead atoms. The number of ether oxygens (including phenoxy) is 1. The van der Waals surface area contributed by atoms with E-state index in [0.717, 1.165) is 6.42 Å². The standard InChI is InChI=1S/C8H11ClO3/c1-12-8(11)6-3-2-5(4-6)7(9)10/h5-6H,2-4H2,1H3/t5-,6+/m1/s1. The smallest absolute Gasteiger partial charge is 0.308 e. The Kier molecular flexibility index (Phi) is 3.09. The molecule has 4 heteroatoms. The molecule has 0 unspecified atom stereocenters. The highest BCUT2D eigenvalue weighted by atomic mass is 35.5. The second kappa shape index (κ2) is 3.90. The summed E-state index contributed by atoms with van der Waals surface area (Å²) in [4.78, 5) is 21.7. The van der Waals surface area contributed by atoms with Crippen molar-refractivity contribution in [3.8, 4) is 0 Å². The molecule has 1 rings (SSSR count). The lowest BCUT2D eigenvalue weighted by molar-refractivity contribution is -0.145. The van der Waals surface area contributed by atoms with E-state index in [4.69, 9.17) is 11.6 Å². The monoisotopic (exact) mass is 190 g/mol. The highest BCUT2D eigenvalue weighted by molar-refractivity contribution is 6.64. The summed E-state index contributed by atoms with van der Waals surface area (Å²) in [5, 5.41) is -0.332. The van der Waals surface area contributed by atoms with Gasteiger partial charge in [-0.2, -0.15) is 0 Å². The first kappa shape index (κ1) is 9.52. The van der Waals surface area contributed by atoms with Crippen LogP contribution in [-0.4, -0.2) is 18.3 Å². The SMILES string of the molecule is COC(=O)[C@H]1CC[C@@H](C(=O)Cl)C1. The summed E-state index contributed by atoms with van der Waals surface area (Å²) < 4.78 is 4.57. The van der Waals surface area contributed by atoms with Gasteiger partial charge in [-0.05, 0) is 30.9 Å². The van der Waals surface area contributed by atoms with E-state index in [0.29, 0.717) is 12.8 Å². The molecule has 68 valence electrons. The summed E-state index contributed by atoms with van der Waals surface area (Å²) in [6, 6.07) is 0. The van der Waals surface area contributed by atoms with Crippen molar-refractivity contribution in [2.45, 2.75) is 19.3 Å². The second-order valence-corrected chi connectivity index (χ2v) is 3.41. The van der Waals surface area contributed by atoms with Crippen molar-refractivity contribution in [3.63, 3.8) is 0 Å². The molecule has 0 heterocycles. The van der Waals surface area contributed by atoms with Crippen LogP contribution in [0.1, 0.15) is 19.3 Å². The molecule has 12 heavy (non-hydrogen) atoms. The highest BCUT2D eigenvalue weighted by Crippen LogP contribution is 2.32. The molecule has 2 atom stereocenters. The topological polar surface area (TPSA) is 43.4 Å². The fraction of sp³-hybridized carbons (Fsp3) is 0.750. The van der Waals surface area contributed by atoms with Gasteiger partial charge in [0.15, 0.2) is 0 Å². The van der Waals surface area contributed by atoms with E-state index in [-0.39, 0.29) is 23.0 Å². The summed E-state index contributed by atoms with van der Waals surface area (Å²) in [7, 11) is 1.36. The largest absolute Gasteiger partial charge is 0.469 e. The van der Waals surface area contributed by atoms with Crippen molar-refractivity contribution >= 4 is 22.8 Å². The Labute approximate surface area is 76.0 Å². The third-order valence-corrected chi connectivity index (χ3v) is 2.60. The van der Waals surface area contributed by atoms with Crippen molar-refractivity contribution in [1.29, 1.82) is 0 Å². The van der Waals surface area contributed by atoms with Crippen LogP contribution < -0.4 is 0 Å². The van der Waals surface area contributed by atoms with E-state index in [9.17, 15) is 9.59 Å². The Morgan fingerprint density at radius 3 is 2.33 bits per heavy atom. The van der Waals surface area contributed by atoms with E-state index in [2.05, 4.69) is 4.74 Å². The van der Waals surface area contributed by atoms with Crippen molar-refractivity contribution in [3.05, 3.63) is 0 Å². The predicted octanol–water partition coefficient (Wildman–Crippen LogP) is 1.34. The van der Waals surface area contributed by atoms with Crippen LogP contribution in [0.15, 0.2) is 0 Å². The molecule has 0 aromatic rings. The first-order valence-corrected chi connectivity index (χ1v) is 4.30. The van der Waals surface area contributed by atoms with Gasteiger partial charge in [-0.3, -0.25) is 9.59 Å². The van der Waals surface area contributed by atoms with Crippen LogP contribution in [0.3, 0.4) is 0 Å². The lowest BCUT2D eigenvalue weighted by atomic mass is 10.1. The zero-order valence-electron chi connectivity index (χ0n) is 6.88. The first-order valence-electron chi connectivity index (χ1n) is 3.92. The van der Waals surface area contributed by atoms with Crippen molar-refractivity contribution in [1.82, 2.24) is 0 Å². The van der Waals surface area contributed by atoms with E-state index >= 15 is 0 Å². The van der Waals surface area contributed by atoms with Crippen molar-refractivity contribution < 1.29 is 14.3 Å². The molecule has 0 saturated heterocycles. The molecule has 1 saturated carbocycles. The van der Waals surface area contributed by atoms with Gasteiger partial charge in [0, 0.05) is 5.92 Å². The van der Waals surface area contributed by atoms with Crippen LogP contribution in [0.5, 0.6) is 0 Å². The molecule has 0 aromatic heterocycles. The second-order valence-electron chi connectivity index (χ2n) is 3.03. The van der Waals surface area contributed by atoms with E-state index in [1.165, 1.54) is 7.11 Å². The number of hydrogen-bond acceptors (Lipinski definition) is 3. The van der Waals surface area contributed by atoms with Crippen LogP contribution in [0.25, 0.3) is 0 Å². The number of carbonyl (C=O) groups excluding carboxylic acids is 2. The van der Waals surface area contributed by atoms with Crippen molar-refractivity contribution in [2.24, 2.45) is 11.8 Å². The van der Waals surface area contributed by atoms with Gasteiger partial charge in [0.2, 0.25) is 5.24 Å². The Hall–Kier alpha value is -0.570. The zero-order chi connectivity index (χ0) is 9.14. The van der Waals surface area contributed by atoms with Crippen LogP contribution in [0, 0.1) is 11.8 Å². The van der Waals surface area contributed by atoms with Gasteiger partial charge >= 0.3 is 5.97 Å². The normalized spacial score (nSPS) is 28.5. The number of carbonyl (C=O) groups is 2. The van der Waals surface area contributed by atoms with Crippen LogP contribution in [-0.2, 0) is 14.3 Å². The molecular weight excluding hydrogens is 180 g/mol. The maximum atomic E-state index is 11.0. The van der Waals surface area contributed by atoms with Gasteiger partial charge in [-0.15, -0.1) is 0 Å². The van der Waals surface area contributed by atoms with Gasteiger partial charge in [-0.25, -0.2) is 0 Å². The molecule has 0 radical (unpaired) electrons. The van der Waals surface area contributed by atoms with Gasteiger partial charge < -0.3 is 4.74 Å². The van der Waals surface area contributed by atoms with E-state index in [1.54, 1.807) is 0 Å². The summed E-state index contributed by atoms with van der Waals surface area (Å²) in [5.74, 6) is -0.492. The molecule has 1 aliphatic carbocycles. The first-order chi connectivity index (χ1) is 5.65. The Morgan fingerprint density at radius 1 is 1.33 bits per heavy atom. The third kappa shape index (κ3) is 1.97. The van der Waals surface area contributed by atoms with E-state index < -0.39 is 0 Å². The molecule has 1 fully saturated rings. The molecule has 1 aliphatic rings. The average molecular weight is 191 g/mol. The Morgan fingerprint density at radius 2 is 1.92 bits per heavy atom. The Bertz CT molecular complexity index is 202. The molecule has 0 aromatic carbocycles. The number of rotatable bonds is 2. The predicted molar refractivity (Wildman–Crippen MR) is 43.7 cm³/mol. The maximum absolute atomic E-state index is 11.0. The molecule has 0 amide bonds. The van der Waals surface area contributed by atoms with Gasteiger partial charge in [0.05, 0.1) is 13.0 Å². The molecule has 0 aliphatic heterocycles. The van der Waals surface area contributed by atoms with Gasteiger partial charge in [0.1, 0.15) is 0 Å². The maximum Gasteiger partial charge on any atom is 0.308 e. The number of methoxy groups -OCH3 is 1. The minimum Gasteiger partial charge on any atom is -0.469 e. The minimum absolute atomic E-state index is 0.123. The number of esters is 1. The van der Waals surface area contributed by atoms with Crippen molar-refractivity contribution in [2.75, 3.05) is 7.11 Å². The highest BCUT2D eigenvalue weighted by Gasteiger charge is 2.33. The van der Waals surface area contributed by atoms with Crippen LogP contribution in [0.4, 0.5) is 0 Å². The Balaban J connectivity index is 2.45. The number of halogens is 1. The third-order valence-electron chi connectivity index (χ3n) is 2.29. The fourth-order valence-electron chi connectivity index (χ4n) is 1.57.